The quantitative estimate of drug-likeness (QED) is 0.489. The zero-order valence-corrected chi connectivity index (χ0v) is 18.7. The van der Waals surface area contributed by atoms with Crippen LogP contribution in [-0.2, 0) is 15.7 Å². The van der Waals surface area contributed by atoms with E-state index >= 15 is 0 Å². The number of anilines is 2. The van der Waals surface area contributed by atoms with Gasteiger partial charge in [0.05, 0.1) is 16.9 Å². The number of nitrogens with zero attached hydrogens (tertiary/aromatic N) is 2. The maximum absolute atomic E-state index is 13.4. The number of hydrogen-bond donors (Lipinski definition) is 0. The first kappa shape index (κ1) is 22.2. The number of hydrogen-bond acceptors (Lipinski definition) is 6. The molecule has 5 nitrogen and oxygen atoms in total. The first-order valence-electron chi connectivity index (χ1n) is 10.8. The standard InChI is InChI=1S/C24H23F3N2O3S/c1-16-23(32-22(30)31-16)9-13-28(14-10-23)11-4-12-29-18-5-2-3-6-20(18)33-21-8-7-17(15-19(21)29)24(25,26)27/h2-3,5-8,15H,1,4,9-14H2. The van der Waals surface area contributed by atoms with Crippen LogP contribution in [0.2, 0.25) is 0 Å². The van der Waals surface area contributed by atoms with E-state index in [-0.39, 0.29) is 0 Å². The number of rotatable bonds is 4. The number of para-hydroxylation sites is 1. The molecule has 0 N–H and O–H groups in total. The molecule has 2 fully saturated rings. The Morgan fingerprint density at radius 3 is 2.45 bits per heavy atom. The van der Waals surface area contributed by atoms with E-state index in [0.717, 1.165) is 47.6 Å². The Labute approximate surface area is 194 Å². The summed E-state index contributed by atoms with van der Waals surface area (Å²) in [6.45, 7) is 6.67. The summed E-state index contributed by atoms with van der Waals surface area (Å²) in [6, 6.07) is 11.8. The van der Waals surface area contributed by atoms with E-state index in [9.17, 15) is 18.0 Å². The van der Waals surface area contributed by atoms with Gasteiger partial charge in [-0.05, 0) is 43.3 Å². The van der Waals surface area contributed by atoms with Gasteiger partial charge in [-0.1, -0.05) is 30.5 Å². The zero-order valence-electron chi connectivity index (χ0n) is 17.9. The predicted octanol–water partition coefficient (Wildman–Crippen LogP) is 6.21. The molecule has 9 heteroatoms. The number of alkyl halides is 3. The number of ether oxygens (including phenoxy) is 2. The molecule has 5 rings (SSSR count). The SMILES string of the molecule is C=C1OC(=O)OC12CCN(CCCN1c3ccccc3Sc3ccc(C(F)(F)F)cc31)CC2. The second-order valence-electron chi connectivity index (χ2n) is 8.47. The van der Waals surface area contributed by atoms with Gasteiger partial charge in [0.1, 0.15) is 5.76 Å². The lowest BCUT2D eigenvalue weighted by Crippen LogP contribution is -2.45. The Morgan fingerprint density at radius 2 is 1.76 bits per heavy atom. The van der Waals surface area contributed by atoms with Gasteiger partial charge in [0, 0.05) is 42.3 Å². The second kappa shape index (κ2) is 8.29. The number of cyclic esters (lactones) is 1. The highest BCUT2D eigenvalue weighted by atomic mass is 32.2. The van der Waals surface area contributed by atoms with Crippen molar-refractivity contribution in [3.8, 4) is 0 Å². The van der Waals surface area contributed by atoms with E-state index in [1.165, 1.54) is 17.8 Å². The topological polar surface area (TPSA) is 42.0 Å². The van der Waals surface area contributed by atoms with Crippen molar-refractivity contribution in [2.24, 2.45) is 0 Å². The van der Waals surface area contributed by atoms with Gasteiger partial charge in [0.2, 0.25) is 0 Å². The molecule has 174 valence electrons. The maximum Gasteiger partial charge on any atom is 0.514 e. The van der Waals surface area contributed by atoms with Crippen molar-refractivity contribution >= 4 is 29.3 Å². The van der Waals surface area contributed by atoms with Gasteiger partial charge in [0.25, 0.3) is 0 Å². The minimum absolute atomic E-state index is 0.381. The van der Waals surface area contributed by atoms with Crippen LogP contribution in [0.25, 0.3) is 0 Å². The summed E-state index contributed by atoms with van der Waals surface area (Å²) in [4.78, 5) is 17.6. The monoisotopic (exact) mass is 476 g/mol. The molecule has 0 amide bonds. The molecule has 0 radical (unpaired) electrons. The highest BCUT2D eigenvalue weighted by molar-refractivity contribution is 7.99. The molecule has 2 aromatic rings. The number of likely N-dealkylation sites (tertiary alicyclic amines) is 1. The summed E-state index contributed by atoms with van der Waals surface area (Å²) < 4.78 is 50.5. The molecule has 2 aromatic carbocycles. The third-order valence-corrected chi connectivity index (χ3v) is 7.60. The molecule has 2 saturated heterocycles. The van der Waals surface area contributed by atoms with Gasteiger partial charge in [-0.15, -0.1) is 0 Å². The van der Waals surface area contributed by atoms with Crippen molar-refractivity contribution in [2.75, 3.05) is 31.1 Å². The van der Waals surface area contributed by atoms with Crippen molar-refractivity contribution in [1.82, 2.24) is 4.90 Å². The average molecular weight is 477 g/mol. The number of carbonyl (C=O) groups is 1. The first-order chi connectivity index (χ1) is 15.7. The van der Waals surface area contributed by atoms with Crippen LogP contribution in [0.4, 0.5) is 29.3 Å². The molecule has 0 unspecified atom stereocenters. The van der Waals surface area contributed by atoms with Crippen molar-refractivity contribution in [1.29, 1.82) is 0 Å². The summed E-state index contributed by atoms with van der Waals surface area (Å²) in [5.41, 5.74) is 0.167. The minimum Gasteiger partial charge on any atom is -0.419 e. The number of benzene rings is 2. The Bertz CT molecular complexity index is 1100. The Kier molecular flexibility index (Phi) is 5.56. The van der Waals surface area contributed by atoms with Gasteiger partial charge in [-0.2, -0.15) is 13.2 Å². The highest BCUT2D eigenvalue weighted by Crippen LogP contribution is 2.49. The molecule has 3 aliphatic rings. The van der Waals surface area contributed by atoms with E-state index in [0.29, 0.717) is 30.8 Å². The fourth-order valence-corrected chi connectivity index (χ4v) is 5.72. The van der Waals surface area contributed by atoms with Crippen LogP contribution in [0.1, 0.15) is 24.8 Å². The molecule has 0 aliphatic carbocycles. The van der Waals surface area contributed by atoms with Crippen LogP contribution in [-0.4, -0.2) is 42.8 Å². The average Bonchev–Trinajstić information content (AvgIpc) is 3.06. The van der Waals surface area contributed by atoms with Gasteiger partial charge in [-0.25, -0.2) is 4.79 Å². The van der Waals surface area contributed by atoms with Gasteiger partial charge in [-0.3, -0.25) is 0 Å². The number of piperidine rings is 1. The van der Waals surface area contributed by atoms with E-state index in [1.807, 2.05) is 29.2 Å². The molecule has 0 atom stereocenters. The molecule has 0 bridgehead atoms. The van der Waals surface area contributed by atoms with E-state index < -0.39 is 23.5 Å². The van der Waals surface area contributed by atoms with Crippen LogP contribution >= 0.6 is 11.8 Å². The summed E-state index contributed by atoms with van der Waals surface area (Å²) in [5, 5.41) is 0. The number of halogens is 3. The fraction of sp³-hybridized carbons (Fsp3) is 0.375. The van der Waals surface area contributed by atoms with Crippen molar-refractivity contribution in [2.45, 2.75) is 40.8 Å². The fourth-order valence-electron chi connectivity index (χ4n) is 4.65. The normalized spacial score (nSPS) is 19.8. The lowest BCUT2D eigenvalue weighted by Gasteiger charge is -2.37. The van der Waals surface area contributed by atoms with Gasteiger partial charge >= 0.3 is 12.3 Å². The maximum atomic E-state index is 13.4. The lowest BCUT2D eigenvalue weighted by atomic mass is 9.90. The van der Waals surface area contributed by atoms with Gasteiger partial charge in [0.15, 0.2) is 5.60 Å². The molecule has 1 spiro atoms. The van der Waals surface area contributed by atoms with Crippen LogP contribution in [0, 0.1) is 0 Å². The Hall–Kier alpha value is -2.65. The number of fused-ring (bicyclic) bond motifs is 2. The van der Waals surface area contributed by atoms with Crippen LogP contribution in [0.5, 0.6) is 0 Å². The third kappa shape index (κ3) is 4.19. The van der Waals surface area contributed by atoms with E-state index in [4.69, 9.17) is 9.47 Å². The summed E-state index contributed by atoms with van der Waals surface area (Å²) in [6.07, 6.45) is -3.05. The van der Waals surface area contributed by atoms with Crippen molar-refractivity contribution in [3.05, 3.63) is 60.4 Å². The molecular weight excluding hydrogens is 453 g/mol. The highest BCUT2D eigenvalue weighted by Gasteiger charge is 2.48. The summed E-state index contributed by atoms with van der Waals surface area (Å²) in [7, 11) is 0. The van der Waals surface area contributed by atoms with Crippen LogP contribution in [0.3, 0.4) is 0 Å². The lowest BCUT2D eigenvalue weighted by molar-refractivity contribution is -0.137. The van der Waals surface area contributed by atoms with Crippen LogP contribution in [0.15, 0.2) is 64.6 Å². The Balaban J connectivity index is 1.28. The first-order valence-corrected chi connectivity index (χ1v) is 11.7. The van der Waals surface area contributed by atoms with Crippen LogP contribution < -0.4 is 4.90 Å². The Morgan fingerprint density at radius 1 is 1.03 bits per heavy atom. The molecular formula is C24H23F3N2O3S. The third-order valence-electron chi connectivity index (χ3n) is 6.47. The minimum atomic E-state index is -4.39. The van der Waals surface area contributed by atoms with Crippen molar-refractivity contribution in [3.63, 3.8) is 0 Å². The summed E-state index contributed by atoms with van der Waals surface area (Å²) >= 11 is 1.50. The molecule has 0 aromatic heterocycles. The smallest absolute Gasteiger partial charge is 0.419 e. The number of carbonyl (C=O) groups excluding carboxylic acids is 1. The van der Waals surface area contributed by atoms with Crippen molar-refractivity contribution < 1.29 is 27.4 Å². The van der Waals surface area contributed by atoms with E-state index in [1.54, 1.807) is 6.07 Å². The predicted molar refractivity (Wildman–Crippen MR) is 119 cm³/mol. The second-order valence-corrected chi connectivity index (χ2v) is 9.55. The van der Waals surface area contributed by atoms with Gasteiger partial charge < -0.3 is 19.3 Å². The molecule has 33 heavy (non-hydrogen) atoms. The molecule has 0 saturated carbocycles. The van der Waals surface area contributed by atoms with E-state index in [2.05, 4.69) is 11.5 Å². The molecule has 3 aliphatic heterocycles. The molecule has 3 heterocycles. The zero-order chi connectivity index (χ0) is 23.2. The largest absolute Gasteiger partial charge is 0.514 e. The summed E-state index contributed by atoms with van der Waals surface area (Å²) in [5.74, 6) is 0.381.